The van der Waals surface area contributed by atoms with E-state index in [1.54, 1.807) is 0 Å². The van der Waals surface area contributed by atoms with Gasteiger partial charge in [0.1, 0.15) is 5.15 Å². The minimum absolute atomic E-state index is 0.535. The van der Waals surface area contributed by atoms with E-state index in [9.17, 15) is 0 Å². The van der Waals surface area contributed by atoms with Gasteiger partial charge in [0.15, 0.2) is 5.13 Å². The summed E-state index contributed by atoms with van der Waals surface area (Å²) in [6, 6.07) is 6.27. The maximum absolute atomic E-state index is 5.75. The minimum Gasteiger partial charge on any atom is -0.331 e. The van der Waals surface area contributed by atoms with Crippen LogP contribution in [-0.2, 0) is 0 Å². The Labute approximate surface area is 97.9 Å². The number of nitrogens with one attached hydrogen (secondary N) is 1. The van der Waals surface area contributed by atoms with Crippen LogP contribution in [0.5, 0.6) is 0 Å². The van der Waals surface area contributed by atoms with Crippen LogP contribution in [-0.4, -0.2) is 4.98 Å². The lowest BCUT2D eigenvalue weighted by Gasteiger charge is -2.06. The van der Waals surface area contributed by atoms with Crippen LogP contribution in [0.25, 0.3) is 0 Å². The van der Waals surface area contributed by atoms with Gasteiger partial charge in [-0.25, -0.2) is 4.98 Å². The van der Waals surface area contributed by atoms with Gasteiger partial charge < -0.3 is 5.32 Å². The van der Waals surface area contributed by atoms with E-state index in [-0.39, 0.29) is 0 Å². The lowest BCUT2D eigenvalue weighted by Crippen LogP contribution is -1.92. The molecule has 1 heterocycles. The highest BCUT2D eigenvalue weighted by molar-refractivity contribution is 7.14. The molecule has 0 bridgehead atoms. The van der Waals surface area contributed by atoms with Gasteiger partial charge in [0.25, 0.3) is 0 Å². The second-order valence-electron chi connectivity index (χ2n) is 3.42. The van der Waals surface area contributed by atoms with E-state index in [0.717, 1.165) is 10.8 Å². The maximum Gasteiger partial charge on any atom is 0.188 e. The Morgan fingerprint density at radius 2 is 2.13 bits per heavy atom. The first-order valence-corrected chi connectivity index (χ1v) is 5.86. The number of anilines is 2. The summed E-state index contributed by atoms with van der Waals surface area (Å²) in [6.45, 7) is 4.15. The Morgan fingerprint density at radius 3 is 2.73 bits per heavy atom. The van der Waals surface area contributed by atoms with Crippen molar-refractivity contribution < 1.29 is 0 Å². The van der Waals surface area contributed by atoms with Gasteiger partial charge in [-0.05, 0) is 25.5 Å². The third-order valence-electron chi connectivity index (χ3n) is 2.10. The number of nitrogens with zero attached hydrogens (tertiary/aromatic N) is 1. The van der Waals surface area contributed by atoms with Crippen LogP contribution >= 0.6 is 22.9 Å². The molecule has 0 unspecified atom stereocenters. The number of aryl methyl sites for hydroxylation is 2. The molecule has 0 amide bonds. The highest BCUT2D eigenvalue weighted by Crippen LogP contribution is 2.25. The van der Waals surface area contributed by atoms with Gasteiger partial charge in [-0.1, -0.05) is 29.3 Å². The molecule has 0 aliphatic heterocycles. The number of aromatic nitrogens is 1. The van der Waals surface area contributed by atoms with Gasteiger partial charge in [0, 0.05) is 11.1 Å². The number of halogens is 1. The van der Waals surface area contributed by atoms with Crippen LogP contribution in [0.1, 0.15) is 11.1 Å². The summed E-state index contributed by atoms with van der Waals surface area (Å²) in [5.74, 6) is 0. The highest BCUT2D eigenvalue weighted by Gasteiger charge is 2.02. The normalized spacial score (nSPS) is 10.3. The maximum atomic E-state index is 5.75. The predicted octanol–water partition coefficient (Wildman–Crippen LogP) is 4.16. The second kappa shape index (κ2) is 4.21. The molecule has 2 nitrogen and oxygen atoms in total. The molecule has 15 heavy (non-hydrogen) atoms. The van der Waals surface area contributed by atoms with E-state index < -0.39 is 0 Å². The molecule has 4 heteroatoms. The summed E-state index contributed by atoms with van der Waals surface area (Å²) >= 11 is 7.25. The molecule has 0 saturated carbocycles. The smallest absolute Gasteiger partial charge is 0.188 e. The molecular formula is C11H11ClN2S. The Morgan fingerprint density at radius 1 is 1.33 bits per heavy atom. The Hall–Kier alpha value is -1.06. The summed E-state index contributed by atoms with van der Waals surface area (Å²) in [6.07, 6.45) is 0. The first-order valence-electron chi connectivity index (χ1n) is 4.60. The molecule has 0 saturated heterocycles. The van der Waals surface area contributed by atoms with Gasteiger partial charge in [-0.15, -0.1) is 11.3 Å². The summed E-state index contributed by atoms with van der Waals surface area (Å²) in [5, 5.41) is 6.42. The molecule has 2 rings (SSSR count). The lowest BCUT2D eigenvalue weighted by molar-refractivity contribution is 1.34. The fourth-order valence-corrected chi connectivity index (χ4v) is 2.23. The molecule has 0 aliphatic rings. The van der Waals surface area contributed by atoms with Gasteiger partial charge in [0.2, 0.25) is 0 Å². The van der Waals surface area contributed by atoms with Gasteiger partial charge >= 0.3 is 0 Å². The zero-order valence-electron chi connectivity index (χ0n) is 8.54. The Kier molecular flexibility index (Phi) is 2.93. The average Bonchev–Trinajstić information content (AvgIpc) is 2.56. The number of benzene rings is 1. The van der Waals surface area contributed by atoms with E-state index in [4.69, 9.17) is 11.6 Å². The van der Waals surface area contributed by atoms with E-state index in [0.29, 0.717) is 5.15 Å². The molecule has 1 aromatic heterocycles. The van der Waals surface area contributed by atoms with Crippen LogP contribution in [0.4, 0.5) is 10.8 Å². The molecule has 1 N–H and O–H groups in total. The molecule has 0 aliphatic carbocycles. The van der Waals surface area contributed by atoms with Crippen LogP contribution in [0.15, 0.2) is 23.6 Å². The van der Waals surface area contributed by atoms with Crippen molar-refractivity contribution in [1.29, 1.82) is 0 Å². The third-order valence-corrected chi connectivity index (χ3v) is 3.18. The van der Waals surface area contributed by atoms with Crippen molar-refractivity contribution in [2.24, 2.45) is 0 Å². The monoisotopic (exact) mass is 238 g/mol. The summed E-state index contributed by atoms with van der Waals surface area (Å²) in [4.78, 5) is 4.14. The first kappa shape index (κ1) is 10.5. The number of hydrogen-bond donors (Lipinski definition) is 1. The van der Waals surface area contributed by atoms with Gasteiger partial charge in [0.05, 0.1) is 0 Å². The molecule has 0 atom stereocenters. The van der Waals surface area contributed by atoms with Crippen molar-refractivity contribution in [2.45, 2.75) is 13.8 Å². The van der Waals surface area contributed by atoms with Gasteiger partial charge in [-0.3, -0.25) is 0 Å². The quantitative estimate of drug-likeness (QED) is 0.850. The van der Waals surface area contributed by atoms with Crippen molar-refractivity contribution in [2.75, 3.05) is 5.32 Å². The largest absolute Gasteiger partial charge is 0.331 e. The second-order valence-corrected chi connectivity index (χ2v) is 4.66. The third kappa shape index (κ3) is 2.49. The zero-order chi connectivity index (χ0) is 10.8. The van der Waals surface area contributed by atoms with Crippen LogP contribution in [0, 0.1) is 13.8 Å². The van der Waals surface area contributed by atoms with Crippen LogP contribution in [0.2, 0.25) is 5.15 Å². The topological polar surface area (TPSA) is 24.9 Å². The minimum atomic E-state index is 0.535. The fraction of sp³-hybridized carbons (Fsp3) is 0.182. The zero-order valence-corrected chi connectivity index (χ0v) is 10.1. The average molecular weight is 239 g/mol. The molecule has 1 aromatic carbocycles. The molecular weight excluding hydrogens is 228 g/mol. The highest BCUT2D eigenvalue weighted by atomic mass is 35.5. The summed E-state index contributed by atoms with van der Waals surface area (Å²) in [7, 11) is 0. The van der Waals surface area contributed by atoms with E-state index >= 15 is 0 Å². The van der Waals surface area contributed by atoms with E-state index in [2.05, 4.69) is 42.3 Å². The predicted molar refractivity (Wildman–Crippen MR) is 66.3 cm³/mol. The lowest BCUT2D eigenvalue weighted by atomic mass is 10.1. The van der Waals surface area contributed by atoms with E-state index in [1.165, 1.54) is 22.5 Å². The Balaban J connectivity index is 2.24. The standard InChI is InChI=1S/C11H11ClN2S/c1-7-3-4-9(8(2)5-7)13-11-14-10(12)6-15-11/h3-6H,1-2H3,(H,13,14). The molecule has 0 spiro atoms. The van der Waals surface area contributed by atoms with Crippen molar-refractivity contribution in [3.63, 3.8) is 0 Å². The molecule has 0 radical (unpaired) electrons. The SMILES string of the molecule is Cc1ccc(Nc2nc(Cl)cs2)c(C)c1. The molecule has 0 fully saturated rings. The first-order chi connectivity index (χ1) is 7.15. The van der Waals surface area contributed by atoms with Crippen molar-refractivity contribution >= 4 is 33.8 Å². The summed E-state index contributed by atoms with van der Waals surface area (Å²) in [5.41, 5.74) is 3.54. The number of thiazole rings is 1. The van der Waals surface area contributed by atoms with Crippen LogP contribution < -0.4 is 5.32 Å². The fourth-order valence-electron chi connectivity index (χ4n) is 1.38. The Bertz CT molecular complexity index is 479. The van der Waals surface area contributed by atoms with Gasteiger partial charge in [-0.2, -0.15) is 0 Å². The number of rotatable bonds is 2. The molecule has 2 aromatic rings. The van der Waals surface area contributed by atoms with Crippen LogP contribution in [0.3, 0.4) is 0 Å². The van der Waals surface area contributed by atoms with E-state index in [1.807, 2.05) is 5.38 Å². The van der Waals surface area contributed by atoms with Crippen molar-refractivity contribution in [1.82, 2.24) is 4.98 Å². The molecule has 78 valence electrons. The number of hydrogen-bond acceptors (Lipinski definition) is 3. The van der Waals surface area contributed by atoms with Crippen molar-refractivity contribution in [3.8, 4) is 0 Å². The van der Waals surface area contributed by atoms with Crippen molar-refractivity contribution in [3.05, 3.63) is 39.9 Å². The summed E-state index contributed by atoms with van der Waals surface area (Å²) < 4.78 is 0.